The Morgan fingerprint density at radius 2 is 1.00 bits per heavy atom. The van der Waals surface area contributed by atoms with E-state index >= 15 is 0 Å². The summed E-state index contributed by atoms with van der Waals surface area (Å²) in [5, 5.41) is 0. The Balaban J connectivity index is 0. The molecule has 20 valence electrons. The average molecular weight is 141 g/mol. The summed E-state index contributed by atoms with van der Waals surface area (Å²) in [5.74, 6) is 0. The summed E-state index contributed by atoms with van der Waals surface area (Å²) in [6, 6.07) is 0. The summed E-state index contributed by atoms with van der Waals surface area (Å²) in [5.41, 5.74) is 0. The summed E-state index contributed by atoms with van der Waals surface area (Å²) in [6.45, 7) is 0. The molecular formula is H4CaO2Zn. The summed E-state index contributed by atoms with van der Waals surface area (Å²) in [4.78, 5) is 0. The molecule has 0 saturated heterocycles. The van der Waals surface area contributed by atoms with Crippen molar-refractivity contribution < 1.29 is 33.3 Å². The molecule has 0 saturated carbocycles. The van der Waals surface area contributed by atoms with Crippen LogP contribution in [0.2, 0.25) is 0 Å². The Labute approximate surface area is 70.3 Å². The first-order valence-electron chi connectivity index (χ1n) is 0. The van der Waals surface area contributed by atoms with Gasteiger partial charge in [-0.05, 0) is 0 Å². The van der Waals surface area contributed by atoms with E-state index in [2.05, 4.69) is 0 Å². The second-order valence-electron chi connectivity index (χ2n) is 0. The van der Waals surface area contributed by atoms with Crippen LogP contribution in [0.25, 0.3) is 0 Å². The van der Waals surface area contributed by atoms with E-state index in [1.807, 2.05) is 0 Å². The van der Waals surface area contributed by atoms with Crippen LogP contribution in [0.5, 0.6) is 0 Å². The maximum atomic E-state index is 0. The Hall–Kier alpha value is 1.80. The van der Waals surface area contributed by atoms with E-state index in [0.29, 0.717) is 0 Å². The van der Waals surface area contributed by atoms with E-state index in [-0.39, 0.29) is 71.0 Å². The summed E-state index contributed by atoms with van der Waals surface area (Å²) < 4.78 is 0. The Morgan fingerprint density at radius 1 is 1.00 bits per heavy atom. The molecule has 0 rings (SSSR count). The molecule has 0 aliphatic carbocycles. The predicted molar refractivity (Wildman–Crippen MR) is 11.8 cm³/mol. The van der Waals surface area contributed by atoms with E-state index in [1.165, 1.54) is 0 Å². The minimum absolute atomic E-state index is 0. The van der Waals surface area contributed by atoms with Gasteiger partial charge in [-0.25, -0.2) is 0 Å². The molecule has 0 heterocycles. The van der Waals surface area contributed by atoms with Gasteiger partial charge in [-0.3, -0.25) is 0 Å². The van der Waals surface area contributed by atoms with Crippen molar-refractivity contribution in [3.63, 3.8) is 0 Å². The molecular weight excluding hydrogens is 137 g/mol. The van der Waals surface area contributed by atoms with Crippen LogP contribution in [0.1, 0.15) is 2.85 Å². The number of hydrogen-bond acceptors (Lipinski definition) is 2. The molecule has 0 radical (unpaired) electrons. The van der Waals surface area contributed by atoms with Gasteiger partial charge in [-0.15, -0.1) is 0 Å². The molecule has 0 aliphatic rings. The van der Waals surface area contributed by atoms with Gasteiger partial charge < -0.3 is 13.8 Å². The van der Waals surface area contributed by atoms with Crippen LogP contribution in [0.4, 0.5) is 0 Å². The van der Waals surface area contributed by atoms with Gasteiger partial charge in [-0.1, -0.05) is 0 Å². The fourth-order valence-corrected chi connectivity index (χ4v) is 0. The fraction of sp³-hybridized carbons (Fsp3) is 0. The molecule has 0 amide bonds. The normalized spacial score (nSPS) is 0. The van der Waals surface area contributed by atoms with Gasteiger partial charge in [0.05, 0.1) is 0 Å². The quantitative estimate of drug-likeness (QED) is 0.427. The van der Waals surface area contributed by atoms with Crippen molar-refractivity contribution >= 4 is 37.7 Å². The molecule has 4 heteroatoms. The largest absolute Gasteiger partial charge is 2.00 e. The first-order chi connectivity index (χ1) is 0. The van der Waals surface area contributed by atoms with Crippen LogP contribution in [0, 0.1) is 0 Å². The molecule has 0 aromatic rings. The second-order valence-corrected chi connectivity index (χ2v) is 0. The zero-order chi connectivity index (χ0) is 0. The maximum Gasteiger partial charge on any atom is 2.00 e. The first kappa shape index (κ1) is 41.2. The third-order valence-corrected chi connectivity index (χ3v) is 0. The van der Waals surface area contributed by atoms with E-state index in [1.54, 1.807) is 0 Å². The summed E-state index contributed by atoms with van der Waals surface area (Å²) in [6.07, 6.45) is 0. The van der Waals surface area contributed by atoms with Gasteiger partial charge in [0.25, 0.3) is 0 Å². The second kappa shape index (κ2) is 21.4. The van der Waals surface area contributed by atoms with Crippen molar-refractivity contribution in [3.05, 3.63) is 0 Å². The first-order valence-corrected chi connectivity index (χ1v) is 0. The molecule has 0 fully saturated rings. The number of hydrogen-bond donors (Lipinski definition) is 0. The molecule has 0 bridgehead atoms. The molecule has 2 nitrogen and oxygen atoms in total. The zero-order valence-electron chi connectivity index (χ0n) is 4.31. The monoisotopic (exact) mass is 140 g/mol. The zero-order valence-corrected chi connectivity index (χ0v) is 7.48. The van der Waals surface area contributed by atoms with E-state index in [0.717, 1.165) is 0 Å². The van der Waals surface area contributed by atoms with E-state index in [4.69, 9.17) is 0 Å². The molecule has 4 heavy (non-hydrogen) atoms. The minimum Gasteiger partial charge on any atom is -1.00 e. The van der Waals surface area contributed by atoms with Crippen LogP contribution >= 0.6 is 0 Å². The predicted octanol–water partition coefficient (Wildman–Crippen LogP) is -0.512. The van der Waals surface area contributed by atoms with Gasteiger partial charge in [-0.2, -0.15) is 0 Å². The standard InChI is InChI=1S/Ca.2H2O.Zn.2H/h;2*1H2;;;/q+2;;;+2;2*-1/p-2. The average Bonchev–Trinajstić information content (AvgIpc) is 0. The van der Waals surface area contributed by atoms with E-state index < -0.39 is 0 Å². The summed E-state index contributed by atoms with van der Waals surface area (Å²) in [7, 11) is 0. The van der Waals surface area contributed by atoms with Crippen molar-refractivity contribution in [2.24, 2.45) is 0 Å². The van der Waals surface area contributed by atoms with Crippen molar-refractivity contribution in [3.8, 4) is 0 Å². The fourth-order valence-electron chi connectivity index (χ4n) is 0. The summed E-state index contributed by atoms with van der Waals surface area (Å²) >= 11 is 0. The molecule has 0 aromatic heterocycles. The van der Waals surface area contributed by atoms with Crippen molar-refractivity contribution in [2.45, 2.75) is 0 Å². The molecule has 2 N–H and O–H groups in total. The van der Waals surface area contributed by atoms with E-state index in [9.17, 15) is 0 Å². The molecule has 0 spiro atoms. The molecule has 0 atom stereocenters. The van der Waals surface area contributed by atoms with Crippen molar-refractivity contribution in [2.75, 3.05) is 0 Å². The maximum absolute atomic E-state index is 0. The SMILES string of the molecule is [Ca+2].[H-].[H-].[OH-].[OH-].[Zn+2]. The molecule has 0 aromatic carbocycles. The van der Waals surface area contributed by atoms with Gasteiger partial charge in [0.1, 0.15) is 0 Å². The van der Waals surface area contributed by atoms with Gasteiger partial charge in [0.2, 0.25) is 0 Å². The smallest absolute Gasteiger partial charge is 1.00 e. The Bertz CT molecular complexity index is 11.5. The van der Waals surface area contributed by atoms with Crippen molar-refractivity contribution in [1.29, 1.82) is 0 Å². The molecule has 0 unspecified atom stereocenters. The van der Waals surface area contributed by atoms with Crippen LogP contribution in [-0.4, -0.2) is 48.7 Å². The Kier molecular flexibility index (Phi) is 220. The van der Waals surface area contributed by atoms with Gasteiger partial charge >= 0.3 is 57.2 Å². The number of rotatable bonds is 0. The van der Waals surface area contributed by atoms with Crippen LogP contribution in [-0.2, 0) is 19.5 Å². The minimum atomic E-state index is 0. The van der Waals surface area contributed by atoms with Crippen LogP contribution in [0.3, 0.4) is 0 Å². The van der Waals surface area contributed by atoms with Crippen molar-refractivity contribution in [1.82, 2.24) is 0 Å². The third-order valence-electron chi connectivity index (χ3n) is 0. The Morgan fingerprint density at radius 3 is 1.00 bits per heavy atom. The third kappa shape index (κ3) is 9.19. The topological polar surface area (TPSA) is 60.0 Å². The van der Waals surface area contributed by atoms with Gasteiger partial charge in [0.15, 0.2) is 0 Å². The van der Waals surface area contributed by atoms with Gasteiger partial charge in [0, 0.05) is 0 Å². The molecule has 0 aliphatic heterocycles. The van der Waals surface area contributed by atoms with Crippen LogP contribution in [0.15, 0.2) is 0 Å². The van der Waals surface area contributed by atoms with Crippen LogP contribution < -0.4 is 0 Å².